The highest BCUT2D eigenvalue weighted by Crippen LogP contribution is 2.75. The largest absolute Gasteiger partial charge is 0.492 e. The maximum absolute atomic E-state index is 12.5. The predicted octanol–water partition coefficient (Wildman–Crippen LogP) is 3.69. The third-order valence-corrected chi connectivity index (χ3v) is 14.7. The highest BCUT2D eigenvalue weighted by Gasteiger charge is 2.49. The van der Waals surface area contributed by atoms with Crippen molar-refractivity contribution < 1.29 is 106 Å². The molecular weight excluding hydrogens is 790 g/mol. The summed E-state index contributed by atoms with van der Waals surface area (Å²) in [6.07, 6.45) is 0. The van der Waals surface area contributed by atoms with Crippen molar-refractivity contribution in [1.82, 2.24) is 0 Å². The Bertz CT molecular complexity index is 1680. The van der Waals surface area contributed by atoms with Crippen LogP contribution in [0.15, 0.2) is 48.5 Å². The van der Waals surface area contributed by atoms with Gasteiger partial charge in [0.15, 0.2) is 0 Å². The quantitative estimate of drug-likeness (QED) is 0.0680. The number of rotatable bonds is 17. The highest BCUT2D eigenvalue weighted by atomic mass is 32.2. The third-order valence-electron chi connectivity index (χ3n) is 4.54. The van der Waals surface area contributed by atoms with E-state index in [1.54, 1.807) is 0 Å². The van der Waals surface area contributed by atoms with Gasteiger partial charge in [-0.2, -0.15) is 21.6 Å². The van der Waals surface area contributed by atoms with Crippen molar-refractivity contribution in [3.63, 3.8) is 0 Å². The molecule has 0 amide bonds. The topological polar surface area (TPSA) is 352 Å². The fourth-order valence-electron chi connectivity index (χ4n) is 2.95. The number of esters is 2. The van der Waals surface area contributed by atoms with Gasteiger partial charge in [-0.05, 0) is 35.4 Å². The van der Waals surface area contributed by atoms with Crippen LogP contribution in [-0.4, -0.2) is 60.4 Å². The van der Waals surface area contributed by atoms with E-state index in [-0.39, 0.29) is 34.3 Å². The molecule has 0 bridgehead atoms. The van der Waals surface area contributed by atoms with Crippen LogP contribution in [-0.2, 0) is 62.4 Å². The van der Waals surface area contributed by atoms with E-state index in [2.05, 4.69) is 35.0 Å². The summed E-state index contributed by atoms with van der Waals surface area (Å²) in [6.45, 7) is 0. The summed E-state index contributed by atoms with van der Waals surface area (Å²) in [5.74, 6) is -1.42. The lowest BCUT2D eigenvalue weighted by molar-refractivity contribution is 0.0592. The first-order valence-electron chi connectivity index (χ1n) is 11.3. The molecule has 0 heterocycles. The Hall–Kier alpha value is -1.41. The van der Waals surface area contributed by atoms with Crippen molar-refractivity contribution in [3.05, 3.63) is 70.8 Å². The Morgan fingerprint density at radius 2 is 0.830 bits per heavy atom. The minimum absolute atomic E-state index is 0.0921. The number of ether oxygens (including phenoxy) is 2. The van der Waals surface area contributed by atoms with E-state index in [4.69, 9.17) is 14.7 Å². The lowest BCUT2D eigenvalue weighted by Gasteiger charge is -2.21. The molecule has 0 aliphatic carbocycles. The molecular formula is C17H22O23P6S. The van der Waals surface area contributed by atoms with Crippen LogP contribution < -0.4 is 0 Å². The Morgan fingerprint density at radius 1 is 0.532 bits per heavy atom. The minimum atomic E-state index is -6.45. The molecule has 5 atom stereocenters. The van der Waals surface area contributed by atoms with E-state index in [1.807, 2.05) is 0 Å². The Labute approximate surface area is 267 Å². The molecule has 30 heteroatoms. The Balaban J connectivity index is 2.24. The standard InChI is InChI=1S/C17H22O23P6S/c1-33-16(18)13-7-3-11(4-8-13)15(12-5-9-14(10-6-12)17(19)34-2)47-40-46(31,32)39-45(29,30)38-44(27,28)37-43(25,26)36-42(23,24)35-41(20,21)22/h3-10,15H,1-2H3,(H,23,24)(H,25,26)(H,27,28)(H,29,30)(H,31,32)(H2,20,21,22). The first-order valence-corrected chi connectivity index (χ1v) is 21.1. The molecule has 2 aromatic carbocycles. The van der Waals surface area contributed by atoms with Gasteiger partial charge in [0.1, 0.15) is 0 Å². The summed E-state index contributed by atoms with van der Waals surface area (Å²) in [4.78, 5) is 88.2. The summed E-state index contributed by atoms with van der Waals surface area (Å²) in [5, 5.41) is -1.13. The van der Waals surface area contributed by atoms with Crippen LogP contribution in [0.1, 0.15) is 37.1 Å². The lowest BCUT2D eigenvalue weighted by atomic mass is 10.0. The van der Waals surface area contributed by atoms with Gasteiger partial charge in [0.25, 0.3) is 0 Å². The van der Waals surface area contributed by atoms with E-state index < -0.39 is 64.1 Å². The van der Waals surface area contributed by atoms with Gasteiger partial charge in [0.05, 0.1) is 30.6 Å². The molecule has 7 N–H and O–H groups in total. The molecule has 0 saturated heterocycles. The lowest BCUT2D eigenvalue weighted by Crippen LogP contribution is -2.04. The van der Waals surface area contributed by atoms with Crippen LogP contribution in [0.2, 0.25) is 0 Å². The molecule has 0 saturated carbocycles. The van der Waals surface area contributed by atoms with Crippen molar-refractivity contribution >= 4 is 70.9 Å². The molecule has 23 nitrogen and oxygen atoms in total. The van der Waals surface area contributed by atoms with Crippen molar-refractivity contribution in [3.8, 4) is 0 Å². The highest BCUT2D eigenvalue weighted by molar-refractivity contribution is 7.98. The van der Waals surface area contributed by atoms with E-state index in [9.17, 15) is 56.6 Å². The molecule has 0 fully saturated rings. The SMILES string of the molecule is COC(=O)c1ccc(C(SOP(=O)(O)OP(=O)(O)OP(=O)(O)OP(=O)(O)OP(=O)(O)OP(=O)(O)O)c2ccc(C(=O)OC)cc2)cc1. The molecule has 0 aliphatic rings. The molecule has 264 valence electrons. The molecule has 0 radical (unpaired) electrons. The fraction of sp³-hybridized carbons (Fsp3) is 0.176. The Kier molecular flexibility index (Phi) is 14.3. The van der Waals surface area contributed by atoms with Crippen LogP contribution in [0.3, 0.4) is 0 Å². The average molecular weight is 812 g/mol. The van der Waals surface area contributed by atoms with Crippen LogP contribution in [0.5, 0.6) is 0 Å². The summed E-state index contributed by atoms with van der Waals surface area (Å²) in [7, 11) is -34.8. The van der Waals surface area contributed by atoms with Gasteiger partial charge in [-0.1, -0.05) is 24.3 Å². The second-order valence-corrected chi connectivity index (χ2v) is 18.2. The first kappa shape index (κ1) is 41.8. The number of hydrogen-bond acceptors (Lipinski definition) is 17. The number of methoxy groups -OCH3 is 2. The van der Waals surface area contributed by atoms with E-state index in [0.29, 0.717) is 0 Å². The van der Waals surface area contributed by atoms with E-state index in [1.165, 1.54) is 48.5 Å². The van der Waals surface area contributed by atoms with Crippen LogP contribution in [0, 0.1) is 0 Å². The van der Waals surface area contributed by atoms with Crippen molar-refractivity contribution in [2.75, 3.05) is 14.2 Å². The fourth-order valence-corrected chi connectivity index (χ4v) is 11.4. The van der Waals surface area contributed by atoms with Gasteiger partial charge < -0.3 is 43.7 Å². The van der Waals surface area contributed by atoms with Gasteiger partial charge in [0, 0.05) is 12.0 Å². The number of benzene rings is 2. The maximum Gasteiger partial charge on any atom is 0.492 e. The van der Waals surface area contributed by atoms with Crippen molar-refractivity contribution in [2.45, 2.75) is 5.25 Å². The number of phosphoric acid groups is 6. The molecule has 47 heavy (non-hydrogen) atoms. The zero-order valence-corrected chi connectivity index (χ0v) is 29.1. The van der Waals surface area contributed by atoms with Gasteiger partial charge in [-0.15, -0.1) is 0 Å². The maximum atomic E-state index is 12.5. The first-order chi connectivity index (χ1) is 21.3. The number of hydrogen-bond donors (Lipinski definition) is 7. The average Bonchev–Trinajstić information content (AvgIpc) is 2.88. The van der Waals surface area contributed by atoms with Crippen LogP contribution in [0.25, 0.3) is 0 Å². The van der Waals surface area contributed by atoms with Crippen molar-refractivity contribution in [1.29, 1.82) is 0 Å². The smallest absolute Gasteiger partial charge is 0.465 e. The van der Waals surface area contributed by atoms with E-state index >= 15 is 0 Å². The van der Waals surface area contributed by atoms with Crippen LogP contribution >= 0.6 is 59.0 Å². The van der Waals surface area contributed by atoms with Crippen LogP contribution in [0.4, 0.5) is 0 Å². The van der Waals surface area contributed by atoms with Gasteiger partial charge in [0.2, 0.25) is 0 Å². The summed E-state index contributed by atoms with van der Waals surface area (Å²) >= 11 is 0.0921. The van der Waals surface area contributed by atoms with Crippen molar-refractivity contribution in [2.24, 2.45) is 0 Å². The molecule has 0 aliphatic heterocycles. The molecule has 2 aromatic rings. The zero-order valence-electron chi connectivity index (χ0n) is 23.0. The minimum Gasteiger partial charge on any atom is -0.465 e. The second kappa shape index (κ2) is 16.1. The second-order valence-electron chi connectivity index (χ2n) is 8.02. The summed E-state index contributed by atoms with van der Waals surface area (Å²) in [6, 6.07) is 10.6. The monoisotopic (exact) mass is 812 g/mol. The third kappa shape index (κ3) is 14.5. The number of carbonyl (C=O) groups is 2. The molecule has 0 aromatic heterocycles. The summed E-state index contributed by atoms with van der Waals surface area (Å²) in [5.41, 5.74) is 0.711. The molecule has 2 rings (SSSR count). The predicted molar refractivity (Wildman–Crippen MR) is 153 cm³/mol. The molecule has 5 unspecified atom stereocenters. The van der Waals surface area contributed by atoms with E-state index in [0.717, 1.165) is 14.2 Å². The van der Waals surface area contributed by atoms with Gasteiger partial charge in [-0.25, -0.2) is 40.9 Å². The Morgan fingerprint density at radius 3 is 1.13 bits per heavy atom. The molecule has 0 spiro atoms. The zero-order chi connectivity index (χ0) is 36.1. The van der Waals surface area contributed by atoms with Gasteiger partial charge in [-0.3, -0.25) is 0 Å². The number of carbonyl (C=O) groups excluding carboxylic acids is 2. The summed E-state index contributed by atoms with van der Waals surface area (Å²) < 4.78 is 102. The normalized spacial score (nSPS) is 18.5. The van der Waals surface area contributed by atoms with Gasteiger partial charge >= 0.3 is 58.9 Å².